The molecule has 0 amide bonds. The number of halogens is 5. The van der Waals surface area contributed by atoms with Crippen molar-refractivity contribution < 1.29 is 22.0 Å². The fourth-order valence-electron chi connectivity index (χ4n) is 2.20. The van der Waals surface area contributed by atoms with Crippen LogP contribution in [0.2, 0.25) is 0 Å². The fraction of sp³-hybridized carbons (Fsp3) is 0.500. The Morgan fingerprint density at radius 2 is 1.16 bits per heavy atom. The van der Waals surface area contributed by atoms with E-state index in [2.05, 4.69) is 5.32 Å². The Kier molecular flexibility index (Phi) is 3.93. The summed E-state index contributed by atoms with van der Waals surface area (Å²) in [6.45, 7) is 0. The Hall–Kier alpha value is -1.37. The maximum atomic E-state index is 13.4. The third kappa shape index (κ3) is 2.65. The SMILES string of the molecule is NC1CCC(Nc2c(F)c(F)c(F)c(F)c2F)CC1. The molecule has 3 N–H and O–H groups in total. The first kappa shape index (κ1) is 14.0. The van der Waals surface area contributed by atoms with E-state index >= 15 is 0 Å². The van der Waals surface area contributed by atoms with Gasteiger partial charge in [0.1, 0.15) is 5.69 Å². The van der Waals surface area contributed by atoms with Crippen LogP contribution in [0, 0.1) is 29.1 Å². The third-order valence-electron chi connectivity index (χ3n) is 3.33. The normalized spacial score (nSPS) is 23.5. The average Bonchev–Trinajstić information content (AvgIpc) is 2.41. The quantitative estimate of drug-likeness (QED) is 0.496. The highest BCUT2D eigenvalue weighted by Crippen LogP contribution is 2.29. The van der Waals surface area contributed by atoms with Gasteiger partial charge in [0.25, 0.3) is 0 Å². The van der Waals surface area contributed by atoms with E-state index in [0.29, 0.717) is 25.7 Å². The zero-order valence-corrected chi connectivity index (χ0v) is 9.95. The molecule has 1 saturated carbocycles. The van der Waals surface area contributed by atoms with E-state index in [1.807, 2.05) is 0 Å². The molecule has 1 aliphatic rings. The van der Waals surface area contributed by atoms with E-state index in [1.54, 1.807) is 0 Å². The molecule has 0 spiro atoms. The van der Waals surface area contributed by atoms with Crippen molar-refractivity contribution >= 4 is 5.69 Å². The molecular weight excluding hydrogens is 267 g/mol. The molecule has 1 aliphatic carbocycles. The van der Waals surface area contributed by atoms with Gasteiger partial charge in [-0.25, -0.2) is 22.0 Å². The van der Waals surface area contributed by atoms with Crippen LogP contribution in [0.1, 0.15) is 25.7 Å². The average molecular weight is 280 g/mol. The second kappa shape index (κ2) is 5.32. The minimum atomic E-state index is -2.15. The summed E-state index contributed by atoms with van der Waals surface area (Å²) in [5, 5.41) is 2.39. The standard InChI is InChI=1S/C12H13F5N2/c13-7-8(14)10(16)12(11(17)9(7)15)19-6-3-1-5(18)2-4-6/h5-6,19H,1-4,18H2. The van der Waals surface area contributed by atoms with Crippen LogP contribution in [-0.4, -0.2) is 12.1 Å². The first-order valence-electron chi connectivity index (χ1n) is 5.95. The van der Waals surface area contributed by atoms with Crippen LogP contribution in [0.25, 0.3) is 0 Å². The van der Waals surface area contributed by atoms with E-state index in [-0.39, 0.29) is 12.1 Å². The van der Waals surface area contributed by atoms with E-state index in [9.17, 15) is 22.0 Å². The minimum Gasteiger partial charge on any atom is -0.377 e. The van der Waals surface area contributed by atoms with Gasteiger partial charge >= 0.3 is 0 Å². The molecule has 1 fully saturated rings. The van der Waals surface area contributed by atoms with Crippen LogP contribution < -0.4 is 11.1 Å². The number of nitrogens with one attached hydrogen (secondary N) is 1. The Labute approximate surface area is 106 Å². The summed E-state index contributed by atoms with van der Waals surface area (Å²) >= 11 is 0. The highest BCUT2D eigenvalue weighted by molar-refractivity contribution is 5.48. The Morgan fingerprint density at radius 3 is 1.63 bits per heavy atom. The van der Waals surface area contributed by atoms with Crippen LogP contribution in [0.5, 0.6) is 0 Å². The van der Waals surface area contributed by atoms with E-state index in [0.717, 1.165) is 0 Å². The van der Waals surface area contributed by atoms with E-state index in [1.165, 1.54) is 0 Å². The Bertz CT molecular complexity index is 454. The predicted molar refractivity (Wildman–Crippen MR) is 60.1 cm³/mol. The molecule has 0 atom stereocenters. The van der Waals surface area contributed by atoms with Crippen LogP contribution in [0.3, 0.4) is 0 Å². The number of rotatable bonds is 2. The van der Waals surface area contributed by atoms with Gasteiger partial charge in [0.2, 0.25) is 5.82 Å². The van der Waals surface area contributed by atoms with Gasteiger partial charge in [-0.3, -0.25) is 0 Å². The van der Waals surface area contributed by atoms with Crippen LogP contribution in [-0.2, 0) is 0 Å². The monoisotopic (exact) mass is 280 g/mol. The van der Waals surface area contributed by atoms with Crippen molar-refractivity contribution in [3.63, 3.8) is 0 Å². The van der Waals surface area contributed by atoms with E-state index in [4.69, 9.17) is 5.73 Å². The molecule has 0 saturated heterocycles. The molecule has 2 nitrogen and oxygen atoms in total. The number of nitrogens with two attached hydrogens (primary N) is 1. The summed E-state index contributed by atoms with van der Waals surface area (Å²) in [5.74, 6) is -9.67. The second-order valence-electron chi connectivity index (χ2n) is 4.70. The zero-order chi connectivity index (χ0) is 14.2. The molecule has 0 bridgehead atoms. The van der Waals surface area contributed by atoms with Crippen molar-refractivity contribution in [1.29, 1.82) is 0 Å². The first-order valence-corrected chi connectivity index (χ1v) is 5.95. The molecule has 0 aliphatic heterocycles. The van der Waals surface area contributed by atoms with Crippen LogP contribution in [0.4, 0.5) is 27.6 Å². The number of benzene rings is 1. The summed E-state index contributed by atoms with van der Waals surface area (Å²) in [5.41, 5.74) is 4.71. The number of hydrogen-bond donors (Lipinski definition) is 2. The van der Waals surface area contributed by atoms with Gasteiger partial charge in [-0.05, 0) is 25.7 Å². The zero-order valence-electron chi connectivity index (χ0n) is 9.95. The van der Waals surface area contributed by atoms with Crippen LogP contribution in [0.15, 0.2) is 0 Å². The van der Waals surface area contributed by atoms with Gasteiger partial charge in [0.15, 0.2) is 23.3 Å². The van der Waals surface area contributed by atoms with Crippen molar-refractivity contribution in [2.45, 2.75) is 37.8 Å². The lowest BCUT2D eigenvalue weighted by Crippen LogP contribution is -2.33. The maximum absolute atomic E-state index is 13.4. The van der Waals surface area contributed by atoms with Crippen molar-refractivity contribution in [1.82, 2.24) is 0 Å². The summed E-state index contributed by atoms with van der Waals surface area (Å²) in [4.78, 5) is 0. The molecule has 0 heterocycles. The number of hydrogen-bond acceptors (Lipinski definition) is 2. The lowest BCUT2D eigenvalue weighted by molar-refractivity contribution is 0.375. The van der Waals surface area contributed by atoms with Gasteiger partial charge in [-0.15, -0.1) is 0 Å². The van der Waals surface area contributed by atoms with Gasteiger partial charge in [0, 0.05) is 12.1 Å². The largest absolute Gasteiger partial charge is 0.377 e. The lowest BCUT2D eigenvalue weighted by atomic mass is 9.91. The number of anilines is 1. The topological polar surface area (TPSA) is 38.0 Å². The summed E-state index contributed by atoms with van der Waals surface area (Å²) in [6, 6.07) is -0.317. The summed E-state index contributed by atoms with van der Waals surface area (Å²) < 4.78 is 65.7. The summed E-state index contributed by atoms with van der Waals surface area (Å²) in [6.07, 6.45) is 2.35. The predicted octanol–water partition coefficient (Wildman–Crippen LogP) is 3.06. The minimum absolute atomic E-state index is 0.0226. The molecule has 7 heteroatoms. The van der Waals surface area contributed by atoms with Crippen LogP contribution >= 0.6 is 0 Å². The third-order valence-corrected chi connectivity index (χ3v) is 3.33. The molecule has 19 heavy (non-hydrogen) atoms. The highest BCUT2D eigenvalue weighted by Gasteiger charge is 2.28. The molecule has 1 aromatic rings. The summed E-state index contributed by atoms with van der Waals surface area (Å²) in [7, 11) is 0. The first-order chi connectivity index (χ1) is 8.91. The fourth-order valence-corrected chi connectivity index (χ4v) is 2.20. The van der Waals surface area contributed by atoms with Crippen molar-refractivity contribution in [3.8, 4) is 0 Å². The molecule has 106 valence electrons. The highest BCUT2D eigenvalue weighted by atomic mass is 19.2. The second-order valence-corrected chi connectivity index (χ2v) is 4.70. The van der Waals surface area contributed by atoms with Gasteiger partial charge in [-0.1, -0.05) is 0 Å². The maximum Gasteiger partial charge on any atom is 0.200 e. The molecule has 2 rings (SSSR count). The molecule has 0 unspecified atom stereocenters. The molecule has 0 radical (unpaired) electrons. The van der Waals surface area contributed by atoms with Crippen molar-refractivity contribution in [2.75, 3.05) is 5.32 Å². The van der Waals surface area contributed by atoms with E-state index < -0.39 is 34.8 Å². The smallest absolute Gasteiger partial charge is 0.200 e. The Balaban J connectivity index is 2.25. The van der Waals surface area contributed by atoms with Gasteiger partial charge < -0.3 is 11.1 Å². The van der Waals surface area contributed by atoms with Crippen molar-refractivity contribution in [2.24, 2.45) is 5.73 Å². The van der Waals surface area contributed by atoms with Gasteiger partial charge in [-0.2, -0.15) is 0 Å². The van der Waals surface area contributed by atoms with Gasteiger partial charge in [0.05, 0.1) is 0 Å². The molecule has 1 aromatic carbocycles. The van der Waals surface area contributed by atoms with Crippen molar-refractivity contribution in [3.05, 3.63) is 29.1 Å². The lowest BCUT2D eigenvalue weighted by Gasteiger charge is -2.28. The molecule has 0 aromatic heterocycles. The Morgan fingerprint density at radius 1 is 0.737 bits per heavy atom. The molecular formula is C12H13F5N2.